The van der Waals surface area contributed by atoms with Gasteiger partial charge in [-0.3, -0.25) is 4.72 Å². The number of nitrogens with one attached hydrogen (secondary N) is 1. The molecule has 0 fully saturated rings. The topological polar surface area (TPSA) is 72.2 Å². The average Bonchev–Trinajstić information content (AvgIpc) is 2.47. The van der Waals surface area contributed by atoms with E-state index in [0.29, 0.717) is 12.2 Å². The third kappa shape index (κ3) is 4.58. The fourth-order valence-corrected chi connectivity index (χ4v) is 3.25. The van der Waals surface area contributed by atoms with Crippen LogP contribution in [0.15, 0.2) is 48.5 Å². The summed E-state index contributed by atoms with van der Waals surface area (Å²) in [6, 6.07) is 14.7. The van der Waals surface area contributed by atoms with Crippen LogP contribution in [0.4, 0.5) is 5.69 Å². The molecule has 0 spiro atoms. The van der Waals surface area contributed by atoms with E-state index >= 15 is 0 Å². The van der Waals surface area contributed by atoms with Crippen LogP contribution in [0, 0.1) is 0 Å². The van der Waals surface area contributed by atoms with Crippen molar-refractivity contribution >= 4 is 15.7 Å². The van der Waals surface area contributed by atoms with E-state index in [-0.39, 0.29) is 5.75 Å². The van der Waals surface area contributed by atoms with Gasteiger partial charge in [-0.25, -0.2) is 8.42 Å². The molecule has 0 saturated carbocycles. The Labute approximate surface area is 126 Å². The van der Waals surface area contributed by atoms with Gasteiger partial charge in [0.1, 0.15) is 0 Å². The lowest BCUT2D eigenvalue weighted by Gasteiger charge is -2.09. The van der Waals surface area contributed by atoms with Crippen molar-refractivity contribution < 1.29 is 8.42 Å². The summed E-state index contributed by atoms with van der Waals surface area (Å²) in [5.74, 6) is -0.0474. The van der Waals surface area contributed by atoms with Crippen LogP contribution in [0.2, 0.25) is 0 Å². The van der Waals surface area contributed by atoms with Crippen LogP contribution >= 0.6 is 0 Å². The van der Waals surface area contributed by atoms with Gasteiger partial charge < -0.3 is 5.73 Å². The third-order valence-corrected chi connectivity index (χ3v) is 4.48. The highest BCUT2D eigenvalue weighted by atomic mass is 32.2. The van der Waals surface area contributed by atoms with Crippen LogP contribution < -0.4 is 10.5 Å². The number of rotatable bonds is 6. The van der Waals surface area contributed by atoms with Gasteiger partial charge in [0.2, 0.25) is 10.0 Å². The van der Waals surface area contributed by atoms with E-state index in [1.54, 1.807) is 18.2 Å². The Bertz CT molecular complexity index is 694. The fourth-order valence-electron chi connectivity index (χ4n) is 2.06. The lowest BCUT2D eigenvalue weighted by atomic mass is 10.1. The predicted molar refractivity (Wildman–Crippen MR) is 86.4 cm³/mol. The van der Waals surface area contributed by atoms with Gasteiger partial charge in [-0.15, -0.1) is 0 Å². The van der Waals surface area contributed by atoms with Gasteiger partial charge >= 0.3 is 0 Å². The second-order valence-corrected chi connectivity index (χ2v) is 6.66. The summed E-state index contributed by atoms with van der Waals surface area (Å²) in [6.07, 6.45) is 0.871. The first kappa shape index (κ1) is 15.5. The maximum atomic E-state index is 12.2. The van der Waals surface area contributed by atoms with Gasteiger partial charge in [0, 0.05) is 12.2 Å². The van der Waals surface area contributed by atoms with E-state index in [0.717, 1.165) is 23.1 Å². The molecule has 0 heterocycles. The molecule has 0 bridgehead atoms. The van der Waals surface area contributed by atoms with E-state index in [1.165, 1.54) is 0 Å². The predicted octanol–water partition coefficient (Wildman–Crippen LogP) is 2.65. The Morgan fingerprint density at radius 3 is 2.29 bits per heavy atom. The molecule has 4 nitrogen and oxygen atoms in total. The summed E-state index contributed by atoms with van der Waals surface area (Å²) in [5, 5.41) is 0. The van der Waals surface area contributed by atoms with Crippen LogP contribution in [-0.4, -0.2) is 8.42 Å². The summed E-state index contributed by atoms with van der Waals surface area (Å²) < 4.78 is 27.0. The van der Waals surface area contributed by atoms with Crippen LogP contribution in [0.5, 0.6) is 0 Å². The number of nitrogens with two attached hydrogens (primary N) is 1. The summed E-state index contributed by atoms with van der Waals surface area (Å²) in [4.78, 5) is 0. The molecule has 5 heteroatoms. The molecule has 112 valence electrons. The van der Waals surface area contributed by atoms with Gasteiger partial charge in [-0.2, -0.15) is 0 Å². The smallest absolute Gasteiger partial charge is 0.236 e. The van der Waals surface area contributed by atoms with E-state index < -0.39 is 10.0 Å². The van der Waals surface area contributed by atoms with Gasteiger partial charge in [-0.1, -0.05) is 43.3 Å². The number of hydrogen-bond donors (Lipinski definition) is 2. The molecule has 0 aliphatic rings. The Morgan fingerprint density at radius 2 is 1.67 bits per heavy atom. The van der Waals surface area contributed by atoms with Crippen molar-refractivity contribution in [1.82, 2.24) is 0 Å². The van der Waals surface area contributed by atoms with Gasteiger partial charge in [-0.05, 0) is 35.2 Å². The van der Waals surface area contributed by atoms with Crippen LogP contribution in [-0.2, 0) is 28.7 Å². The second-order valence-electron chi connectivity index (χ2n) is 4.94. The standard InChI is InChI=1S/C16H20N2O2S/c1-2-13-4-3-5-16(10-13)18-21(19,20)12-15-8-6-14(11-17)7-9-15/h3-10,18H,2,11-12,17H2,1H3. The zero-order valence-corrected chi connectivity index (χ0v) is 12.9. The largest absolute Gasteiger partial charge is 0.326 e. The van der Waals surface area contributed by atoms with Gasteiger partial charge in [0.25, 0.3) is 0 Å². The van der Waals surface area contributed by atoms with Crippen LogP contribution in [0.3, 0.4) is 0 Å². The molecule has 3 N–H and O–H groups in total. The maximum absolute atomic E-state index is 12.2. The highest BCUT2D eigenvalue weighted by molar-refractivity contribution is 7.91. The zero-order valence-electron chi connectivity index (χ0n) is 12.0. The van der Waals surface area contributed by atoms with Gasteiger partial charge in [0.05, 0.1) is 5.75 Å². The molecule has 0 radical (unpaired) electrons. The van der Waals surface area contributed by atoms with E-state index in [9.17, 15) is 8.42 Å². The van der Waals surface area contributed by atoms with E-state index in [2.05, 4.69) is 4.72 Å². The van der Waals surface area contributed by atoms with Crippen molar-refractivity contribution in [3.05, 3.63) is 65.2 Å². The van der Waals surface area contributed by atoms with Crippen LogP contribution in [0.25, 0.3) is 0 Å². The number of sulfonamides is 1. The Balaban J connectivity index is 2.10. The minimum Gasteiger partial charge on any atom is -0.326 e. The molecule has 2 aromatic carbocycles. The average molecular weight is 304 g/mol. The van der Waals surface area contributed by atoms with Crippen molar-refractivity contribution in [2.45, 2.75) is 25.6 Å². The minimum atomic E-state index is -3.41. The van der Waals surface area contributed by atoms with Crippen molar-refractivity contribution in [3.63, 3.8) is 0 Å². The highest BCUT2D eigenvalue weighted by Crippen LogP contribution is 2.15. The molecule has 0 aromatic heterocycles. The van der Waals surface area contributed by atoms with E-state index in [4.69, 9.17) is 5.73 Å². The molecule has 21 heavy (non-hydrogen) atoms. The summed E-state index contributed by atoms with van der Waals surface area (Å²) in [6.45, 7) is 2.49. The first-order chi connectivity index (χ1) is 10.0. The normalized spacial score (nSPS) is 11.3. The van der Waals surface area contributed by atoms with Crippen molar-refractivity contribution in [2.75, 3.05) is 4.72 Å². The first-order valence-electron chi connectivity index (χ1n) is 6.89. The van der Waals surface area contributed by atoms with Crippen molar-refractivity contribution in [2.24, 2.45) is 5.73 Å². The molecule has 0 unspecified atom stereocenters. The Morgan fingerprint density at radius 1 is 1.00 bits per heavy atom. The fraction of sp³-hybridized carbons (Fsp3) is 0.250. The number of hydrogen-bond acceptors (Lipinski definition) is 3. The summed E-state index contributed by atoms with van der Waals surface area (Å²) in [7, 11) is -3.41. The molecular formula is C16H20N2O2S. The Hall–Kier alpha value is -1.85. The molecule has 2 rings (SSSR count). The zero-order chi connectivity index (χ0) is 15.3. The molecule has 0 saturated heterocycles. The molecule has 0 aliphatic carbocycles. The number of anilines is 1. The number of aryl methyl sites for hydroxylation is 1. The SMILES string of the molecule is CCc1cccc(NS(=O)(=O)Cc2ccc(CN)cc2)c1. The van der Waals surface area contributed by atoms with Crippen LogP contribution in [0.1, 0.15) is 23.6 Å². The maximum Gasteiger partial charge on any atom is 0.236 e. The van der Waals surface area contributed by atoms with Gasteiger partial charge in [0.15, 0.2) is 0 Å². The molecule has 0 amide bonds. The second kappa shape index (κ2) is 6.74. The monoisotopic (exact) mass is 304 g/mol. The third-order valence-electron chi connectivity index (χ3n) is 3.22. The Kier molecular flexibility index (Phi) is 4.98. The molecule has 0 atom stereocenters. The molecule has 0 aliphatic heterocycles. The van der Waals surface area contributed by atoms with E-state index in [1.807, 2.05) is 37.3 Å². The quantitative estimate of drug-likeness (QED) is 0.861. The lowest BCUT2D eigenvalue weighted by Crippen LogP contribution is -2.15. The van der Waals surface area contributed by atoms with Crippen molar-refractivity contribution in [1.29, 1.82) is 0 Å². The highest BCUT2D eigenvalue weighted by Gasteiger charge is 2.12. The first-order valence-corrected chi connectivity index (χ1v) is 8.55. The summed E-state index contributed by atoms with van der Waals surface area (Å²) in [5.41, 5.74) is 8.96. The van der Waals surface area contributed by atoms with Crippen molar-refractivity contribution in [3.8, 4) is 0 Å². The molecule has 2 aromatic rings. The minimum absolute atomic E-state index is 0.0474. The summed E-state index contributed by atoms with van der Waals surface area (Å²) >= 11 is 0. The number of benzene rings is 2. The molecular weight excluding hydrogens is 284 g/mol. The lowest BCUT2D eigenvalue weighted by molar-refractivity contribution is 0.600.